The molecular weight excluding hydrogens is 226 g/mol. The van der Waals surface area contributed by atoms with Crippen LogP contribution in [0.5, 0.6) is 0 Å². The first kappa shape index (κ1) is 11.7. The zero-order valence-electron chi connectivity index (χ0n) is 6.95. The largest absolute Gasteiger partial charge is 0.451 e. The summed E-state index contributed by atoms with van der Waals surface area (Å²) in [7, 11) is 0. The third-order valence-electron chi connectivity index (χ3n) is 1.29. The normalized spacial score (nSPS) is 12.9. The molecule has 0 N–H and O–H groups in total. The monoisotopic (exact) mass is 229 g/mol. The van der Waals surface area contributed by atoms with Gasteiger partial charge in [-0.15, -0.1) is 0 Å². The van der Waals surface area contributed by atoms with Crippen molar-refractivity contribution in [2.45, 2.75) is 18.8 Å². The molecule has 0 aliphatic carbocycles. The molecule has 0 aliphatic heterocycles. The highest BCUT2D eigenvalue weighted by Gasteiger charge is 2.36. The maximum absolute atomic E-state index is 12.0. The van der Waals surface area contributed by atoms with Crippen LogP contribution < -0.4 is 0 Å². The van der Waals surface area contributed by atoms with Gasteiger partial charge < -0.3 is 0 Å². The van der Waals surface area contributed by atoms with Crippen LogP contribution in [0.1, 0.15) is 11.5 Å². The van der Waals surface area contributed by atoms with Crippen LogP contribution >= 0.6 is 0 Å². The smallest absolute Gasteiger partial charge is 0.229 e. The lowest BCUT2D eigenvalue weighted by atomic mass is 10.3. The lowest BCUT2D eigenvalue weighted by Crippen LogP contribution is -2.17. The fourth-order valence-corrected chi connectivity index (χ4v) is 0.784. The average molecular weight is 229 g/mol. The fraction of sp³-hybridized carbons (Fsp3) is 0.429. The molecule has 0 spiro atoms. The van der Waals surface area contributed by atoms with E-state index in [1.54, 1.807) is 6.20 Å². The third-order valence-corrected chi connectivity index (χ3v) is 1.29. The molecule has 0 saturated carbocycles. The molecule has 0 saturated heterocycles. The van der Waals surface area contributed by atoms with Crippen molar-refractivity contribution < 1.29 is 26.3 Å². The van der Waals surface area contributed by atoms with Crippen molar-refractivity contribution in [2.75, 3.05) is 0 Å². The van der Waals surface area contributed by atoms with E-state index in [0.29, 0.717) is 6.07 Å². The fourth-order valence-electron chi connectivity index (χ4n) is 0.784. The van der Waals surface area contributed by atoms with Crippen LogP contribution in [0, 0.1) is 6.20 Å². The molecule has 0 atom stereocenters. The maximum atomic E-state index is 12.0. The van der Waals surface area contributed by atoms with Gasteiger partial charge in [-0.05, 0) is 6.07 Å². The van der Waals surface area contributed by atoms with Crippen LogP contribution in [-0.4, -0.2) is 16.1 Å². The molecule has 83 valence electrons. The van der Waals surface area contributed by atoms with Gasteiger partial charge in [0, 0.05) is 0 Å². The molecule has 0 fully saturated rings. The Morgan fingerprint density at radius 1 is 1.13 bits per heavy atom. The van der Waals surface area contributed by atoms with E-state index in [0.717, 1.165) is 0 Å². The van der Waals surface area contributed by atoms with Crippen LogP contribution in [0.15, 0.2) is 6.07 Å². The Kier molecular flexibility index (Phi) is 2.87. The summed E-state index contributed by atoms with van der Waals surface area (Å²) in [6.07, 6.45) is -9.28. The number of alkyl halides is 6. The second kappa shape index (κ2) is 3.67. The molecule has 1 heterocycles. The predicted molar refractivity (Wildman–Crippen MR) is 35.6 cm³/mol. The van der Waals surface area contributed by atoms with E-state index in [9.17, 15) is 26.3 Å². The van der Waals surface area contributed by atoms with Crippen molar-refractivity contribution in [1.29, 1.82) is 0 Å². The average Bonchev–Trinajstić information content (AvgIpc) is 1.99. The summed E-state index contributed by atoms with van der Waals surface area (Å²) in [5.74, 6) is -1.62. The van der Waals surface area contributed by atoms with Crippen molar-refractivity contribution in [3.05, 3.63) is 23.8 Å². The Morgan fingerprint density at radius 3 is 2.20 bits per heavy atom. The first-order valence-electron chi connectivity index (χ1n) is 3.56. The number of rotatable bonds is 1. The highest BCUT2D eigenvalue weighted by molar-refractivity contribution is 5.04. The van der Waals surface area contributed by atoms with E-state index in [1.165, 1.54) is 0 Å². The van der Waals surface area contributed by atoms with Crippen molar-refractivity contribution in [3.8, 4) is 0 Å². The molecule has 0 aliphatic rings. The highest BCUT2D eigenvalue weighted by atomic mass is 19.4. The molecule has 8 heteroatoms. The Bertz CT molecular complexity index is 342. The zero-order valence-corrected chi connectivity index (χ0v) is 6.95. The highest BCUT2D eigenvalue weighted by Crippen LogP contribution is 2.26. The van der Waals surface area contributed by atoms with E-state index in [1.807, 2.05) is 0 Å². The van der Waals surface area contributed by atoms with Gasteiger partial charge >= 0.3 is 12.4 Å². The maximum Gasteiger partial charge on any atom is 0.451 e. The lowest BCUT2D eigenvalue weighted by molar-refractivity contribution is -0.146. The van der Waals surface area contributed by atoms with Crippen molar-refractivity contribution >= 4 is 0 Å². The third kappa shape index (κ3) is 3.72. The van der Waals surface area contributed by atoms with Crippen molar-refractivity contribution in [3.63, 3.8) is 0 Å². The number of aromatic nitrogens is 2. The van der Waals surface area contributed by atoms with Crippen LogP contribution in [-0.2, 0) is 12.6 Å². The van der Waals surface area contributed by atoms with Gasteiger partial charge in [0.1, 0.15) is 0 Å². The topological polar surface area (TPSA) is 25.8 Å². The second-order valence-corrected chi connectivity index (χ2v) is 2.60. The second-order valence-electron chi connectivity index (χ2n) is 2.60. The first-order chi connectivity index (χ1) is 6.68. The molecule has 1 rings (SSSR count). The summed E-state index contributed by atoms with van der Waals surface area (Å²) in [5, 5.41) is 0. The molecule has 2 nitrogen and oxygen atoms in total. The summed E-state index contributed by atoms with van der Waals surface area (Å²) >= 11 is 0. The molecule has 0 bridgehead atoms. The summed E-state index contributed by atoms with van der Waals surface area (Å²) in [6, 6.07) is 0.669. The standard InChI is InChI=1S/C7H3F6N2/c8-6(9,10)3-4-1-2-14-5(15-4)7(11,12)13/h1H,3H2. The van der Waals surface area contributed by atoms with Crippen molar-refractivity contribution in [1.82, 2.24) is 9.97 Å². The molecule has 0 unspecified atom stereocenters. The van der Waals surface area contributed by atoms with E-state index in [4.69, 9.17) is 0 Å². The van der Waals surface area contributed by atoms with Gasteiger partial charge in [0.2, 0.25) is 5.82 Å². The Hall–Kier alpha value is -1.34. The van der Waals surface area contributed by atoms with Gasteiger partial charge in [-0.25, -0.2) is 9.97 Å². The van der Waals surface area contributed by atoms with Crippen LogP contribution in [0.3, 0.4) is 0 Å². The van der Waals surface area contributed by atoms with E-state index in [2.05, 4.69) is 9.97 Å². The van der Waals surface area contributed by atoms with Crippen molar-refractivity contribution in [2.24, 2.45) is 0 Å². The van der Waals surface area contributed by atoms with Gasteiger partial charge in [0.25, 0.3) is 0 Å². The van der Waals surface area contributed by atoms with E-state index in [-0.39, 0.29) is 0 Å². The molecular formula is C7H3F6N2. The van der Waals surface area contributed by atoms with Gasteiger partial charge in [0.05, 0.1) is 18.3 Å². The van der Waals surface area contributed by atoms with E-state index >= 15 is 0 Å². The summed E-state index contributed by atoms with van der Waals surface area (Å²) in [4.78, 5) is 5.45. The zero-order chi connectivity index (χ0) is 11.7. The van der Waals surface area contributed by atoms with Crippen LogP contribution in [0.4, 0.5) is 26.3 Å². The Labute approximate surface area is 80.0 Å². The SMILES string of the molecule is FC(F)(F)Cc1c[c]nc(C(F)(F)F)n1. The predicted octanol–water partition coefficient (Wildman–Crippen LogP) is 2.40. The minimum atomic E-state index is -4.86. The van der Waals surface area contributed by atoms with Crippen LogP contribution in [0.25, 0.3) is 0 Å². The number of nitrogens with zero attached hydrogens (tertiary/aromatic N) is 2. The van der Waals surface area contributed by atoms with Crippen LogP contribution in [0.2, 0.25) is 0 Å². The minimum Gasteiger partial charge on any atom is -0.229 e. The lowest BCUT2D eigenvalue weighted by Gasteiger charge is -2.07. The summed E-state index contributed by atoms with van der Waals surface area (Å²) < 4.78 is 71.4. The minimum absolute atomic E-state index is 0.669. The molecule has 0 aromatic carbocycles. The van der Waals surface area contributed by atoms with Gasteiger partial charge in [-0.3, -0.25) is 0 Å². The molecule has 1 radical (unpaired) electrons. The number of halogens is 6. The van der Waals surface area contributed by atoms with Gasteiger partial charge in [0.15, 0.2) is 0 Å². The van der Waals surface area contributed by atoms with E-state index < -0.39 is 30.3 Å². The summed E-state index contributed by atoms with van der Waals surface area (Å²) in [5.41, 5.74) is -0.759. The van der Waals surface area contributed by atoms with Gasteiger partial charge in [-0.2, -0.15) is 26.3 Å². The summed E-state index contributed by atoms with van der Waals surface area (Å²) in [6.45, 7) is 0. The molecule has 0 amide bonds. The number of hydrogen-bond donors (Lipinski definition) is 0. The first-order valence-corrected chi connectivity index (χ1v) is 3.56. The Morgan fingerprint density at radius 2 is 1.73 bits per heavy atom. The quantitative estimate of drug-likeness (QED) is 0.691. The molecule has 1 aromatic rings. The van der Waals surface area contributed by atoms with Gasteiger partial charge in [-0.1, -0.05) is 0 Å². The number of hydrogen-bond acceptors (Lipinski definition) is 2. The Balaban J connectivity index is 2.94. The molecule has 1 aromatic heterocycles. The molecule has 15 heavy (non-hydrogen) atoms.